The molecule has 2 aromatic carbocycles. The lowest BCUT2D eigenvalue weighted by atomic mass is 9.49. The molecule has 37 heavy (non-hydrogen) atoms. The van der Waals surface area contributed by atoms with Crippen molar-refractivity contribution in [3.63, 3.8) is 0 Å². The molecule has 0 bridgehead atoms. The number of halogens is 1. The van der Waals surface area contributed by atoms with E-state index in [1.807, 2.05) is 42.5 Å². The summed E-state index contributed by atoms with van der Waals surface area (Å²) >= 11 is 6.17. The maximum Gasteiger partial charge on any atom is 0.224 e. The van der Waals surface area contributed by atoms with Gasteiger partial charge < -0.3 is 10.6 Å². The quantitative estimate of drug-likeness (QED) is 0.469. The zero-order valence-electron chi connectivity index (χ0n) is 21.8. The Morgan fingerprint density at radius 3 is 2.46 bits per heavy atom. The van der Waals surface area contributed by atoms with E-state index in [2.05, 4.69) is 42.7 Å². The van der Waals surface area contributed by atoms with Gasteiger partial charge in [-0.1, -0.05) is 74.0 Å². The van der Waals surface area contributed by atoms with Gasteiger partial charge in [0, 0.05) is 28.5 Å². The normalized spacial score (nSPS) is 35.3. The van der Waals surface area contributed by atoms with E-state index >= 15 is 0 Å². The molecule has 5 heteroatoms. The molecule has 2 N–H and O–H groups in total. The van der Waals surface area contributed by atoms with Gasteiger partial charge in [-0.25, -0.2) is 0 Å². The highest BCUT2D eigenvalue weighted by Crippen LogP contribution is 2.65. The van der Waals surface area contributed by atoms with Gasteiger partial charge in [-0.05, 0) is 85.0 Å². The highest BCUT2D eigenvalue weighted by atomic mass is 35.5. The standard InChI is InChI=1S/C32H37ClN2O2/c1-31-18-16-25-23(12-15-27-32(25,2)19-17-28(36)34-27)24(31)13-14-26(31)30(37)35-29(20-6-4-3-5-7-20)21-8-10-22(33)11-9-21/h3-11,15,23-26,29H,12-14,16-19H2,1-2H3,(H,34,36)(H,35,37)/t23-,24-,25+,26?,29?,31-,32+/m0/s1. The average Bonchev–Trinajstić information content (AvgIpc) is 3.26. The summed E-state index contributed by atoms with van der Waals surface area (Å²) in [5, 5.41) is 7.35. The van der Waals surface area contributed by atoms with E-state index in [4.69, 9.17) is 11.6 Å². The fraction of sp³-hybridized carbons (Fsp3) is 0.500. The Morgan fingerprint density at radius 2 is 1.70 bits per heavy atom. The lowest BCUT2D eigenvalue weighted by Crippen LogP contribution is -2.54. The molecule has 1 heterocycles. The number of piperidine rings is 1. The summed E-state index contributed by atoms with van der Waals surface area (Å²) in [6.07, 6.45) is 9.15. The van der Waals surface area contributed by atoms with Crippen LogP contribution in [0.25, 0.3) is 0 Å². The summed E-state index contributed by atoms with van der Waals surface area (Å²) in [7, 11) is 0. The van der Waals surface area contributed by atoms with Gasteiger partial charge in [-0.3, -0.25) is 9.59 Å². The molecule has 4 aliphatic rings. The number of hydrogen-bond acceptors (Lipinski definition) is 2. The van der Waals surface area contributed by atoms with Crippen LogP contribution in [0.15, 0.2) is 66.4 Å². The fourth-order valence-electron chi connectivity index (χ4n) is 8.53. The van der Waals surface area contributed by atoms with E-state index in [0.29, 0.717) is 29.2 Å². The second-order valence-electron chi connectivity index (χ2n) is 12.3. The minimum atomic E-state index is -0.199. The van der Waals surface area contributed by atoms with Gasteiger partial charge in [-0.15, -0.1) is 0 Å². The number of benzene rings is 2. The van der Waals surface area contributed by atoms with Crippen molar-refractivity contribution < 1.29 is 9.59 Å². The molecule has 0 spiro atoms. The summed E-state index contributed by atoms with van der Waals surface area (Å²) in [5.74, 6) is 2.06. The third-order valence-electron chi connectivity index (χ3n) is 10.5. The van der Waals surface area contributed by atoms with Crippen LogP contribution in [0.5, 0.6) is 0 Å². The molecule has 3 fully saturated rings. The van der Waals surface area contributed by atoms with Crippen LogP contribution in [0, 0.1) is 34.5 Å². The molecule has 2 aromatic rings. The van der Waals surface area contributed by atoms with Gasteiger partial charge in [0.2, 0.25) is 11.8 Å². The second-order valence-corrected chi connectivity index (χ2v) is 12.7. The number of allylic oxidation sites excluding steroid dienone is 2. The second kappa shape index (κ2) is 9.31. The van der Waals surface area contributed by atoms with E-state index in [1.165, 1.54) is 0 Å². The first-order valence-electron chi connectivity index (χ1n) is 13.9. The maximum atomic E-state index is 14.0. The topological polar surface area (TPSA) is 58.2 Å². The van der Waals surface area contributed by atoms with Crippen LogP contribution in [0.4, 0.5) is 0 Å². The maximum absolute atomic E-state index is 14.0. The van der Waals surface area contributed by atoms with E-state index in [-0.39, 0.29) is 34.6 Å². The highest BCUT2D eigenvalue weighted by Gasteiger charge is 2.60. The molecule has 2 amide bonds. The van der Waals surface area contributed by atoms with Gasteiger partial charge in [0.15, 0.2) is 0 Å². The lowest BCUT2D eigenvalue weighted by Gasteiger charge is -2.57. The van der Waals surface area contributed by atoms with Crippen molar-refractivity contribution in [1.82, 2.24) is 10.6 Å². The first kappa shape index (κ1) is 24.7. The molecule has 2 unspecified atom stereocenters. The Morgan fingerprint density at radius 1 is 0.973 bits per heavy atom. The zero-order valence-corrected chi connectivity index (χ0v) is 22.6. The Kier molecular flexibility index (Phi) is 6.22. The molecule has 1 aliphatic heterocycles. The predicted molar refractivity (Wildman–Crippen MR) is 147 cm³/mol. The van der Waals surface area contributed by atoms with Gasteiger partial charge in [0.25, 0.3) is 0 Å². The number of amides is 2. The minimum Gasteiger partial charge on any atom is -0.345 e. The molecule has 2 saturated carbocycles. The summed E-state index contributed by atoms with van der Waals surface area (Å²) in [5.41, 5.74) is 3.36. The molecule has 4 nitrogen and oxygen atoms in total. The lowest BCUT2D eigenvalue weighted by molar-refractivity contribution is -0.133. The van der Waals surface area contributed by atoms with E-state index in [9.17, 15) is 9.59 Å². The van der Waals surface area contributed by atoms with Crippen LogP contribution < -0.4 is 10.6 Å². The van der Waals surface area contributed by atoms with Crippen LogP contribution in [0.1, 0.15) is 76.0 Å². The smallest absolute Gasteiger partial charge is 0.224 e. The fourth-order valence-corrected chi connectivity index (χ4v) is 8.65. The van der Waals surface area contributed by atoms with Crippen LogP contribution in [-0.4, -0.2) is 11.8 Å². The number of hydrogen-bond donors (Lipinski definition) is 2. The molecule has 1 saturated heterocycles. The first-order valence-corrected chi connectivity index (χ1v) is 14.3. The van der Waals surface area contributed by atoms with Crippen LogP contribution in [0.2, 0.25) is 5.02 Å². The SMILES string of the molecule is C[C@]12CCC(=O)NC1=CC[C@@H]1[C@H]2CC[C@]2(C)C(C(=O)NC(c3ccccc3)c3ccc(Cl)cc3)CC[C@@H]12. The van der Waals surface area contributed by atoms with Gasteiger partial charge >= 0.3 is 0 Å². The summed E-state index contributed by atoms with van der Waals surface area (Å²) < 4.78 is 0. The molecule has 0 radical (unpaired) electrons. The molecular weight excluding hydrogens is 480 g/mol. The number of carbonyl (C=O) groups excluding carboxylic acids is 2. The molecule has 6 rings (SSSR count). The molecule has 3 aliphatic carbocycles. The van der Waals surface area contributed by atoms with Crippen LogP contribution >= 0.6 is 11.6 Å². The van der Waals surface area contributed by atoms with Crippen molar-refractivity contribution in [3.8, 4) is 0 Å². The van der Waals surface area contributed by atoms with Gasteiger partial charge in [0.1, 0.15) is 0 Å². The van der Waals surface area contributed by atoms with Crippen LogP contribution in [-0.2, 0) is 9.59 Å². The Balaban J connectivity index is 1.25. The molecular formula is C32H37ClN2O2. The monoisotopic (exact) mass is 516 g/mol. The van der Waals surface area contributed by atoms with Crippen molar-refractivity contribution in [3.05, 3.63) is 82.5 Å². The number of fused-ring (bicyclic) bond motifs is 5. The highest BCUT2D eigenvalue weighted by molar-refractivity contribution is 6.30. The number of carbonyl (C=O) groups is 2. The van der Waals surface area contributed by atoms with Crippen molar-refractivity contribution in [1.29, 1.82) is 0 Å². The van der Waals surface area contributed by atoms with E-state index < -0.39 is 0 Å². The largest absolute Gasteiger partial charge is 0.345 e. The van der Waals surface area contributed by atoms with Gasteiger partial charge in [-0.2, -0.15) is 0 Å². The Hall–Kier alpha value is -2.59. The Bertz CT molecular complexity index is 1230. The Labute approximate surface area is 225 Å². The van der Waals surface area contributed by atoms with Crippen molar-refractivity contribution in [2.24, 2.45) is 34.5 Å². The first-order chi connectivity index (χ1) is 17.8. The van der Waals surface area contributed by atoms with Crippen LogP contribution in [0.3, 0.4) is 0 Å². The van der Waals surface area contributed by atoms with Crippen molar-refractivity contribution >= 4 is 23.4 Å². The third-order valence-corrected chi connectivity index (χ3v) is 10.8. The number of rotatable bonds is 4. The predicted octanol–water partition coefficient (Wildman–Crippen LogP) is 6.81. The number of nitrogens with one attached hydrogen (secondary N) is 2. The van der Waals surface area contributed by atoms with Crippen molar-refractivity contribution in [2.75, 3.05) is 0 Å². The van der Waals surface area contributed by atoms with E-state index in [1.54, 1.807) is 0 Å². The average molecular weight is 517 g/mol. The third kappa shape index (κ3) is 4.12. The van der Waals surface area contributed by atoms with Gasteiger partial charge in [0.05, 0.1) is 6.04 Å². The summed E-state index contributed by atoms with van der Waals surface area (Å²) in [6.45, 7) is 4.75. The minimum absolute atomic E-state index is 0.00605. The summed E-state index contributed by atoms with van der Waals surface area (Å²) in [6, 6.07) is 17.8. The zero-order chi connectivity index (χ0) is 25.8. The molecule has 7 atom stereocenters. The molecule has 194 valence electrons. The summed E-state index contributed by atoms with van der Waals surface area (Å²) in [4.78, 5) is 26.1. The molecule has 0 aromatic heterocycles. The van der Waals surface area contributed by atoms with Crippen molar-refractivity contribution in [2.45, 2.75) is 64.8 Å². The van der Waals surface area contributed by atoms with E-state index in [0.717, 1.165) is 55.3 Å².